The Bertz CT molecular complexity index is 1250. The van der Waals surface area contributed by atoms with Crippen LogP contribution in [-0.4, -0.2) is 39.3 Å². The number of nitrogens with zero attached hydrogens (tertiary/aromatic N) is 2. The number of likely N-dealkylation sites (N-methyl/N-ethyl adjacent to an activating group) is 1. The molecule has 33 heavy (non-hydrogen) atoms. The monoisotopic (exact) mass is 526 g/mol. The number of hydrogen-bond acceptors (Lipinski definition) is 4. The number of anilines is 1. The van der Waals surface area contributed by atoms with Gasteiger partial charge in [0.2, 0.25) is 15.9 Å². The first-order chi connectivity index (χ1) is 15.6. The van der Waals surface area contributed by atoms with E-state index in [1.54, 1.807) is 49.5 Å². The van der Waals surface area contributed by atoms with Crippen molar-refractivity contribution in [3.63, 3.8) is 0 Å². The Labute approximate surface area is 208 Å². The summed E-state index contributed by atoms with van der Waals surface area (Å²) in [6.45, 7) is -0.488. The van der Waals surface area contributed by atoms with Gasteiger partial charge in [-0.05, 0) is 54.1 Å². The number of benzene rings is 3. The quantitative estimate of drug-likeness (QED) is 0.387. The van der Waals surface area contributed by atoms with Crippen molar-refractivity contribution < 1.29 is 17.9 Å². The minimum atomic E-state index is -4.04. The van der Waals surface area contributed by atoms with Crippen LogP contribution in [-0.2, 0) is 21.4 Å². The molecule has 0 unspecified atom stereocenters. The molecule has 10 heteroatoms. The molecular formula is C23H21Cl3N2O4S. The van der Waals surface area contributed by atoms with Crippen LogP contribution in [0.4, 0.5) is 5.69 Å². The molecule has 0 radical (unpaired) electrons. The number of carbonyl (C=O) groups is 1. The van der Waals surface area contributed by atoms with E-state index in [1.807, 2.05) is 0 Å². The summed E-state index contributed by atoms with van der Waals surface area (Å²) in [5.74, 6) is 0.148. The number of ether oxygens (including phenoxy) is 1. The number of amides is 1. The van der Waals surface area contributed by atoms with Crippen molar-refractivity contribution in [3.8, 4) is 5.75 Å². The minimum Gasteiger partial charge on any atom is -0.497 e. The van der Waals surface area contributed by atoms with E-state index in [4.69, 9.17) is 39.5 Å². The fraction of sp³-hybridized carbons (Fsp3) is 0.174. The van der Waals surface area contributed by atoms with E-state index >= 15 is 0 Å². The highest BCUT2D eigenvalue weighted by atomic mass is 35.5. The predicted molar refractivity (Wildman–Crippen MR) is 132 cm³/mol. The normalized spacial score (nSPS) is 11.5. The third-order valence-electron chi connectivity index (χ3n) is 4.92. The summed E-state index contributed by atoms with van der Waals surface area (Å²) in [5.41, 5.74) is 1.15. The first kappa shape index (κ1) is 25.3. The van der Waals surface area contributed by atoms with Crippen molar-refractivity contribution in [3.05, 3.63) is 87.4 Å². The van der Waals surface area contributed by atoms with Gasteiger partial charge in [0.25, 0.3) is 0 Å². The molecule has 0 aromatic heterocycles. The summed E-state index contributed by atoms with van der Waals surface area (Å²) in [7, 11) is -0.937. The lowest BCUT2D eigenvalue weighted by Gasteiger charge is -2.25. The number of hydrogen-bond donors (Lipinski definition) is 0. The van der Waals surface area contributed by atoms with Gasteiger partial charge >= 0.3 is 0 Å². The molecule has 0 fully saturated rings. The van der Waals surface area contributed by atoms with Gasteiger partial charge in [0.05, 0.1) is 28.6 Å². The van der Waals surface area contributed by atoms with Crippen molar-refractivity contribution >= 4 is 56.4 Å². The molecule has 6 nitrogen and oxygen atoms in total. The molecule has 0 aliphatic rings. The second kappa shape index (κ2) is 10.8. The second-order valence-electron chi connectivity index (χ2n) is 7.13. The molecule has 0 N–H and O–H groups in total. The number of rotatable bonds is 8. The first-order valence-corrected chi connectivity index (χ1v) is 12.3. The van der Waals surface area contributed by atoms with E-state index in [1.165, 1.54) is 36.3 Å². The molecule has 0 bridgehead atoms. The highest BCUT2D eigenvalue weighted by Crippen LogP contribution is 2.26. The van der Waals surface area contributed by atoms with E-state index < -0.39 is 22.5 Å². The Morgan fingerprint density at radius 1 is 0.939 bits per heavy atom. The maximum atomic E-state index is 13.4. The zero-order chi connectivity index (χ0) is 24.2. The van der Waals surface area contributed by atoms with Gasteiger partial charge in [-0.25, -0.2) is 8.42 Å². The highest BCUT2D eigenvalue weighted by Gasteiger charge is 2.28. The topological polar surface area (TPSA) is 66.9 Å². The van der Waals surface area contributed by atoms with Gasteiger partial charge in [0, 0.05) is 30.4 Å². The SMILES string of the molecule is COc1cccc(N(C)C(=O)CN(Cc2ccc(Cl)c(Cl)c2)S(=O)(=O)c2ccc(Cl)cc2)c1. The summed E-state index contributed by atoms with van der Waals surface area (Å²) in [5, 5.41) is 1.04. The molecule has 0 atom stereocenters. The summed E-state index contributed by atoms with van der Waals surface area (Å²) in [6.07, 6.45) is 0. The smallest absolute Gasteiger partial charge is 0.243 e. The fourth-order valence-corrected chi connectivity index (χ4v) is 4.87. The first-order valence-electron chi connectivity index (χ1n) is 9.72. The van der Waals surface area contributed by atoms with Gasteiger partial charge in [-0.1, -0.05) is 46.9 Å². The van der Waals surface area contributed by atoms with Crippen LogP contribution in [0, 0.1) is 0 Å². The minimum absolute atomic E-state index is 0.0174. The summed E-state index contributed by atoms with van der Waals surface area (Å²) in [6, 6.07) is 17.5. The Morgan fingerprint density at radius 3 is 2.27 bits per heavy atom. The van der Waals surface area contributed by atoms with Crippen LogP contribution < -0.4 is 9.64 Å². The third-order valence-corrected chi connectivity index (χ3v) is 7.72. The molecule has 0 aliphatic carbocycles. The number of methoxy groups -OCH3 is 1. The van der Waals surface area contributed by atoms with E-state index in [9.17, 15) is 13.2 Å². The van der Waals surface area contributed by atoms with Gasteiger partial charge < -0.3 is 9.64 Å². The van der Waals surface area contributed by atoms with Crippen LogP contribution in [0.15, 0.2) is 71.6 Å². The Morgan fingerprint density at radius 2 is 1.64 bits per heavy atom. The fourth-order valence-electron chi connectivity index (χ4n) is 3.04. The average Bonchev–Trinajstić information content (AvgIpc) is 2.80. The zero-order valence-corrected chi connectivity index (χ0v) is 20.9. The number of sulfonamides is 1. The average molecular weight is 528 g/mol. The zero-order valence-electron chi connectivity index (χ0n) is 17.8. The molecule has 3 aromatic rings. The Kier molecular flexibility index (Phi) is 8.26. The molecule has 3 rings (SSSR count). The van der Waals surface area contributed by atoms with Crippen LogP contribution in [0.1, 0.15) is 5.56 Å². The summed E-state index contributed by atoms with van der Waals surface area (Å²) >= 11 is 18.0. The maximum absolute atomic E-state index is 13.4. The standard InChI is InChI=1S/C23H21Cl3N2O4S/c1-27(18-4-3-5-19(13-18)32-2)23(29)15-28(14-16-6-11-21(25)22(26)12-16)33(30,31)20-9-7-17(24)8-10-20/h3-13H,14-15H2,1-2H3. The van der Waals surface area contributed by atoms with Gasteiger partial charge in [-0.2, -0.15) is 4.31 Å². The van der Waals surface area contributed by atoms with Crippen molar-refractivity contribution in [2.24, 2.45) is 0 Å². The second-order valence-corrected chi connectivity index (χ2v) is 10.3. The largest absolute Gasteiger partial charge is 0.497 e. The highest BCUT2D eigenvalue weighted by molar-refractivity contribution is 7.89. The van der Waals surface area contributed by atoms with Gasteiger partial charge in [-0.3, -0.25) is 4.79 Å². The molecule has 1 amide bonds. The van der Waals surface area contributed by atoms with Crippen molar-refractivity contribution in [2.75, 3.05) is 25.6 Å². The van der Waals surface area contributed by atoms with E-state index in [2.05, 4.69) is 0 Å². The van der Waals surface area contributed by atoms with Gasteiger partial charge in [0.15, 0.2) is 0 Å². The Balaban J connectivity index is 1.94. The van der Waals surface area contributed by atoms with Crippen LogP contribution in [0.25, 0.3) is 0 Å². The summed E-state index contributed by atoms with van der Waals surface area (Å²) in [4.78, 5) is 14.5. The van der Waals surface area contributed by atoms with Crippen LogP contribution in [0.5, 0.6) is 5.75 Å². The van der Waals surface area contributed by atoms with Crippen LogP contribution in [0.3, 0.4) is 0 Å². The van der Waals surface area contributed by atoms with E-state index in [0.29, 0.717) is 27.0 Å². The van der Waals surface area contributed by atoms with E-state index in [0.717, 1.165) is 4.31 Å². The molecule has 0 aliphatic heterocycles. The predicted octanol–water partition coefficient (Wildman–Crippen LogP) is 5.51. The molecule has 0 saturated heterocycles. The molecule has 3 aromatic carbocycles. The maximum Gasteiger partial charge on any atom is 0.243 e. The third kappa shape index (κ3) is 6.19. The lowest BCUT2D eigenvalue weighted by molar-refractivity contribution is -0.118. The van der Waals surface area contributed by atoms with Crippen molar-refractivity contribution in [1.82, 2.24) is 4.31 Å². The lowest BCUT2D eigenvalue weighted by Crippen LogP contribution is -2.41. The van der Waals surface area contributed by atoms with Crippen molar-refractivity contribution in [1.29, 1.82) is 0 Å². The van der Waals surface area contributed by atoms with Crippen molar-refractivity contribution in [2.45, 2.75) is 11.4 Å². The molecule has 0 heterocycles. The van der Waals surface area contributed by atoms with E-state index in [-0.39, 0.29) is 16.5 Å². The number of carbonyl (C=O) groups excluding carboxylic acids is 1. The van der Waals surface area contributed by atoms with Crippen LogP contribution >= 0.6 is 34.8 Å². The lowest BCUT2D eigenvalue weighted by atomic mass is 10.2. The van der Waals surface area contributed by atoms with Gasteiger partial charge in [-0.15, -0.1) is 0 Å². The van der Waals surface area contributed by atoms with Gasteiger partial charge in [0.1, 0.15) is 5.75 Å². The molecule has 174 valence electrons. The molecular weight excluding hydrogens is 507 g/mol. The Hall–Kier alpha value is -2.29. The van der Waals surface area contributed by atoms with Crippen LogP contribution in [0.2, 0.25) is 15.1 Å². The molecule has 0 spiro atoms. The molecule has 0 saturated carbocycles. The number of halogens is 3. The summed E-state index contributed by atoms with van der Waals surface area (Å²) < 4.78 is 33.2.